The number of nitrogens with one attached hydrogen (secondary N) is 1. The molecule has 0 radical (unpaired) electrons. The van der Waals surface area contributed by atoms with Crippen molar-refractivity contribution in [1.29, 1.82) is 0 Å². The van der Waals surface area contributed by atoms with E-state index in [-0.39, 0.29) is 29.9 Å². The molecule has 1 amide bonds. The minimum atomic E-state index is -0.984. The van der Waals surface area contributed by atoms with Crippen molar-refractivity contribution in [1.82, 2.24) is 5.32 Å². The quantitative estimate of drug-likeness (QED) is 0.808. The molecule has 0 aliphatic heterocycles. The molecule has 0 aliphatic rings. The summed E-state index contributed by atoms with van der Waals surface area (Å²) in [6, 6.07) is 3.77. The molecule has 0 atom stereocenters. The van der Waals surface area contributed by atoms with E-state index in [1.165, 1.54) is 12.1 Å². The largest absolute Gasteiger partial charge is 0.396 e. The Labute approximate surface area is 118 Å². The lowest BCUT2D eigenvalue weighted by Gasteiger charge is -2.29. The minimum absolute atomic E-state index is 0.0192. The summed E-state index contributed by atoms with van der Waals surface area (Å²) in [4.78, 5) is 11.8. The molecule has 0 spiro atoms. The summed E-state index contributed by atoms with van der Waals surface area (Å²) in [6.07, 6.45) is 1.25. The van der Waals surface area contributed by atoms with E-state index in [1.54, 1.807) is 0 Å². The fourth-order valence-corrected chi connectivity index (χ4v) is 1.99. The Bertz CT molecular complexity index is 451. The second-order valence-corrected chi connectivity index (χ2v) is 5.03. The van der Waals surface area contributed by atoms with Gasteiger partial charge in [-0.3, -0.25) is 4.79 Å². The Balaban J connectivity index is 2.62. The molecule has 5 heteroatoms. The molecule has 0 bridgehead atoms. The Morgan fingerprint density at radius 1 is 1.30 bits per heavy atom. The van der Waals surface area contributed by atoms with E-state index in [2.05, 4.69) is 5.32 Å². The van der Waals surface area contributed by atoms with Gasteiger partial charge in [0.2, 0.25) is 5.91 Å². The highest BCUT2D eigenvalue weighted by Gasteiger charge is 2.25. The molecule has 2 N–H and O–H groups in total. The number of halogens is 2. The number of carbonyl (C=O) groups excluding carboxylic acids is 1. The van der Waals surface area contributed by atoms with E-state index in [9.17, 15) is 18.7 Å². The summed E-state index contributed by atoms with van der Waals surface area (Å²) >= 11 is 0. The molecule has 0 saturated carbocycles. The minimum Gasteiger partial charge on any atom is -0.396 e. The monoisotopic (exact) mass is 285 g/mol. The number of hydrogen-bond donors (Lipinski definition) is 2. The SMILES string of the molecule is CCC(CC)(CO)CNC(=O)Cc1cccc(F)c1F. The van der Waals surface area contributed by atoms with Crippen molar-refractivity contribution in [2.24, 2.45) is 5.41 Å². The van der Waals surface area contributed by atoms with Crippen LogP contribution in [-0.4, -0.2) is 24.2 Å². The van der Waals surface area contributed by atoms with Gasteiger partial charge in [-0.05, 0) is 18.9 Å². The molecule has 3 nitrogen and oxygen atoms in total. The molecule has 1 rings (SSSR count). The number of rotatable bonds is 7. The third-order valence-electron chi connectivity index (χ3n) is 3.88. The average Bonchev–Trinajstić information content (AvgIpc) is 2.46. The van der Waals surface area contributed by atoms with E-state index >= 15 is 0 Å². The van der Waals surface area contributed by atoms with Crippen LogP contribution in [-0.2, 0) is 11.2 Å². The van der Waals surface area contributed by atoms with Gasteiger partial charge in [-0.1, -0.05) is 26.0 Å². The van der Waals surface area contributed by atoms with Gasteiger partial charge in [0, 0.05) is 17.5 Å². The van der Waals surface area contributed by atoms with Gasteiger partial charge < -0.3 is 10.4 Å². The summed E-state index contributed by atoms with van der Waals surface area (Å²) in [5.41, 5.74) is -0.319. The zero-order valence-corrected chi connectivity index (χ0v) is 11.9. The first kappa shape index (κ1) is 16.6. The van der Waals surface area contributed by atoms with Crippen molar-refractivity contribution < 1.29 is 18.7 Å². The number of hydrogen-bond acceptors (Lipinski definition) is 2. The first-order valence-electron chi connectivity index (χ1n) is 6.78. The molecular formula is C15H21F2NO2. The van der Waals surface area contributed by atoms with Crippen molar-refractivity contribution in [3.8, 4) is 0 Å². The van der Waals surface area contributed by atoms with Crippen molar-refractivity contribution in [2.45, 2.75) is 33.1 Å². The highest BCUT2D eigenvalue weighted by molar-refractivity contribution is 5.78. The average molecular weight is 285 g/mol. The van der Waals surface area contributed by atoms with Crippen LogP contribution in [0.1, 0.15) is 32.3 Å². The smallest absolute Gasteiger partial charge is 0.224 e. The van der Waals surface area contributed by atoms with E-state index in [0.29, 0.717) is 6.54 Å². The van der Waals surface area contributed by atoms with Gasteiger partial charge in [0.15, 0.2) is 11.6 Å². The number of amides is 1. The Hall–Kier alpha value is -1.49. The summed E-state index contributed by atoms with van der Waals surface area (Å²) in [5, 5.41) is 12.1. The van der Waals surface area contributed by atoms with Gasteiger partial charge in [-0.25, -0.2) is 8.78 Å². The van der Waals surface area contributed by atoms with Crippen molar-refractivity contribution in [2.75, 3.05) is 13.2 Å². The highest BCUT2D eigenvalue weighted by atomic mass is 19.2. The van der Waals surface area contributed by atoms with E-state index < -0.39 is 11.6 Å². The molecule has 1 aromatic carbocycles. The number of aliphatic hydroxyl groups excluding tert-OH is 1. The Morgan fingerprint density at radius 2 is 1.95 bits per heavy atom. The van der Waals surface area contributed by atoms with Gasteiger partial charge in [0.1, 0.15) is 0 Å². The maximum Gasteiger partial charge on any atom is 0.224 e. The van der Waals surface area contributed by atoms with Gasteiger partial charge in [-0.15, -0.1) is 0 Å². The zero-order valence-electron chi connectivity index (χ0n) is 11.9. The maximum absolute atomic E-state index is 13.4. The lowest BCUT2D eigenvalue weighted by atomic mass is 9.83. The molecule has 112 valence electrons. The second kappa shape index (κ2) is 7.33. The highest BCUT2D eigenvalue weighted by Crippen LogP contribution is 2.24. The Morgan fingerprint density at radius 3 is 2.50 bits per heavy atom. The predicted octanol–water partition coefficient (Wildman–Crippen LogP) is 2.42. The molecule has 0 saturated heterocycles. The molecule has 0 aliphatic carbocycles. The summed E-state index contributed by atoms with van der Waals surface area (Å²) in [7, 11) is 0. The van der Waals surface area contributed by atoms with Gasteiger partial charge >= 0.3 is 0 Å². The number of benzene rings is 1. The third-order valence-corrected chi connectivity index (χ3v) is 3.88. The Kier molecular flexibility index (Phi) is 6.07. The van der Waals surface area contributed by atoms with Gasteiger partial charge in [0.25, 0.3) is 0 Å². The standard InChI is InChI=1S/C15H21F2NO2/c1-3-15(4-2,10-19)9-18-13(20)8-11-6-5-7-12(16)14(11)17/h5-7,19H,3-4,8-10H2,1-2H3,(H,18,20). The second-order valence-electron chi connectivity index (χ2n) is 5.03. The lowest BCUT2D eigenvalue weighted by molar-refractivity contribution is -0.121. The third kappa shape index (κ3) is 4.00. The molecule has 1 aromatic rings. The fourth-order valence-electron chi connectivity index (χ4n) is 1.99. The lowest BCUT2D eigenvalue weighted by Crippen LogP contribution is -2.40. The van der Waals surface area contributed by atoms with E-state index in [4.69, 9.17) is 0 Å². The van der Waals surface area contributed by atoms with Crippen molar-refractivity contribution in [3.05, 3.63) is 35.4 Å². The van der Waals surface area contributed by atoms with Crippen LogP contribution in [0.4, 0.5) is 8.78 Å². The summed E-state index contributed by atoms with van der Waals surface area (Å²) < 4.78 is 26.5. The van der Waals surface area contributed by atoms with Crippen LogP contribution in [0.3, 0.4) is 0 Å². The van der Waals surface area contributed by atoms with Gasteiger partial charge in [-0.2, -0.15) is 0 Å². The fraction of sp³-hybridized carbons (Fsp3) is 0.533. The van der Waals surface area contributed by atoms with Crippen LogP contribution >= 0.6 is 0 Å². The topological polar surface area (TPSA) is 49.3 Å². The number of aliphatic hydroxyl groups is 1. The molecule has 0 heterocycles. The first-order valence-corrected chi connectivity index (χ1v) is 6.78. The van der Waals surface area contributed by atoms with E-state index in [0.717, 1.165) is 18.9 Å². The van der Waals surface area contributed by atoms with Crippen LogP contribution in [0.2, 0.25) is 0 Å². The predicted molar refractivity (Wildman–Crippen MR) is 73.2 cm³/mol. The van der Waals surface area contributed by atoms with Crippen molar-refractivity contribution in [3.63, 3.8) is 0 Å². The maximum atomic E-state index is 13.4. The molecule has 0 aromatic heterocycles. The summed E-state index contributed by atoms with van der Waals surface area (Å²) in [5.74, 6) is -2.32. The van der Waals surface area contributed by atoms with Crippen LogP contribution < -0.4 is 5.32 Å². The number of carbonyl (C=O) groups is 1. The van der Waals surface area contributed by atoms with Gasteiger partial charge in [0.05, 0.1) is 13.0 Å². The molecule has 0 fully saturated rings. The van der Waals surface area contributed by atoms with Crippen LogP contribution in [0.15, 0.2) is 18.2 Å². The van der Waals surface area contributed by atoms with Crippen LogP contribution in [0, 0.1) is 17.0 Å². The van der Waals surface area contributed by atoms with Crippen LogP contribution in [0.25, 0.3) is 0 Å². The first-order chi connectivity index (χ1) is 9.48. The van der Waals surface area contributed by atoms with E-state index in [1.807, 2.05) is 13.8 Å². The normalized spacial score (nSPS) is 11.4. The zero-order chi connectivity index (χ0) is 15.2. The van der Waals surface area contributed by atoms with Crippen molar-refractivity contribution >= 4 is 5.91 Å². The molecular weight excluding hydrogens is 264 g/mol. The van der Waals surface area contributed by atoms with Crippen LogP contribution in [0.5, 0.6) is 0 Å². The molecule has 20 heavy (non-hydrogen) atoms. The molecule has 0 unspecified atom stereocenters. The summed E-state index contributed by atoms with van der Waals surface area (Å²) in [6.45, 7) is 4.19.